The van der Waals surface area contributed by atoms with Gasteiger partial charge in [-0.1, -0.05) is 50.6 Å². The predicted octanol–water partition coefficient (Wildman–Crippen LogP) is 2.64. The smallest absolute Gasteiger partial charge is 0.335 e. The zero-order valence-electron chi connectivity index (χ0n) is 23.0. The van der Waals surface area contributed by atoms with Crippen LogP contribution in [0.4, 0.5) is 0 Å². The second-order valence-electron chi connectivity index (χ2n) is 11.3. The molecule has 2 bridgehead atoms. The number of hydrogen-bond donors (Lipinski definition) is 2. The van der Waals surface area contributed by atoms with Gasteiger partial charge in [-0.3, -0.25) is 0 Å². The summed E-state index contributed by atoms with van der Waals surface area (Å²) in [5.74, 6) is -1.99. The molecule has 4 aliphatic rings. The van der Waals surface area contributed by atoms with Crippen molar-refractivity contribution in [1.29, 1.82) is 0 Å². The Morgan fingerprint density at radius 1 is 1.26 bits per heavy atom. The molecule has 3 heterocycles. The first kappa shape index (κ1) is 29.0. The Labute approximate surface area is 224 Å². The lowest BCUT2D eigenvalue weighted by molar-refractivity contribution is -0.187. The number of allylic oxidation sites excluding steroid dienone is 3. The highest BCUT2D eigenvalue weighted by atomic mass is 16.6. The Kier molecular flexibility index (Phi) is 8.84. The van der Waals surface area contributed by atoms with E-state index in [0.717, 1.165) is 12.0 Å². The van der Waals surface area contributed by atoms with Crippen LogP contribution in [-0.4, -0.2) is 84.2 Å². The summed E-state index contributed by atoms with van der Waals surface area (Å²) in [5.41, 5.74) is -0.140. The van der Waals surface area contributed by atoms with Crippen LogP contribution >= 0.6 is 0 Å². The average molecular weight is 535 g/mol. The van der Waals surface area contributed by atoms with Gasteiger partial charge in [-0.05, 0) is 32.6 Å². The van der Waals surface area contributed by atoms with Crippen LogP contribution in [0, 0.1) is 17.3 Å². The number of carbonyl (C=O) groups excluding carboxylic acids is 2. The van der Waals surface area contributed by atoms with Crippen molar-refractivity contribution >= 4 is 11.9 Å². The zero-order valence-corrected chi connectivity index (χ0v) is 23.0. The number of epoxide rings is 1. The molecular weight excluding hydrogens is 492 g/mol. The van der Waals surface area contributed by atoms with E-state index in [1.807, 2.05) is 13.8 Å². The summed E-state index contributed by atoms with van der Waals surface area (Å²) in [7, 11) is 0. The lowest BCUT2D eigenvalue weighted by Gasteiger charge is -2.48. The second-order valence-corrected chi connectivity index (χ2v) is 11.3. The van der Waals surface area contributed by atoms with Crippen LogP contribution in [0.1, 0.15) is 53.9 Å². The molecule has 0 amide bonds. The number of aliphatic hydroxyl groups excluding tert-OH is 2. The van der Waals surface area contributed by atoms with Gasteiger partial charge >= 0.3 is 11.9 Å². The molecule has 2 N–H and O–H groups in total. The van der Waals surface area contributed by atoms with E-state index in [1.165, 1.54) is 6.08 Å². The van der Waals surface area contributed by atoms with E-state index in [0.29, 0.717) is 19.4 Å². The Morgan fingerprint density at radius 3 is 2.66 bits per heavy atom. The molecule has 38 heavy (non-hydrogen) atoms. The number of carbonyl (C=O) groups is 2. The number of rotatable bonds is 3. The van der Waals surface area contributed by atoms with Crippen LogP contribution in [0.2, 0.25) is 0 Å². The van der Waals surface area contributed by atoms with Crippen LogP contribution in [0.5, 0.6) is 0 Å². The van der Waals surface area contributed by atoms with Gasteiger partial charge in [-0.25, -0.2) is 9.59 Å². The molecule has 2 saturated heterocycles. The SMILES string of the molecule is CC/C(C)=C/[C@H]1O[C@@H]2C[C@@H]3OC(=O)/C=C\C=C/[C@@H]([C@@H](C)O)OCC[C@@H](C)[C@@H](O)C(=O)OC[C@@H]1[C@@]3(C)[C@@]21CO1. The van der Waals surface area contributed by atoms with Gasteiger partial charge in [0.05, 0.1) is 31.5 Å². The molecule has 10 atom stereocenters. The van der Waals surface area contributed by atoms with Crippen molar-refractivity contribution in [3.8, 4) is 0 Å². The van der Waals surface area contributed by atoms with Crippen molar-refractivity contribution < 1.29 is 43.5 Å². The topological polar surface area (TPSA) is 124 Å². The van der Waals surface area contributed by atoms with Crippen molar-refractivity contribution in [3.05, 3.63) is 36.0 Å². The summed E-state index contributed by atoms with van der Waals surface area (Å²) in [6.45, 7) is 10.2. The highest BCUT2D eigenvalue weighted by Gasteiger charge is 2.78. The van der Waals surface area contributed by atoms with Crippen molar-refractivity contribution in [2.24, 2.45) is 17.3 Å². The highest BCUT2D eigenvalue weighted by molar-refractivity contribution is 5.82. The fourth-order valence-electron chi connectivity index (χ4n) is 6.04. The maximum Gasteiger partial charge on any atom is 0.335 e. The summed E-state index contributed by atoms with van der Waals surface area (Å²) >= 11 is 0. The fourth-order valence-corrected chi connectivity index (χ4v) is 6.04. The average Bonchev–Trinajstić information content (AvgIpc) is 3.66. The molecule has 4 rings (SSSR count). The fraction of sp³-hybridized carbons (Fsp3) is 0.724. The van der Waals surface area contributed by atoms with Crippen molar-refractivity contribution in [2.75, 3.05) is 19.8 Å². The first-order valence-electron chi connectivity index (χ1n) is 13.7. The van der Waals surface area contributed by atoms with E-state index < -0.39 is 53.3 Å². The Hall–Kier alpha value is -2.04. The summed E-state index contributed by atoms with van der Waals surface area (Å²) in [6, 6.07) is 0. The minimum Gasteiger partial charge on any atom is -0.463 e. The molecule has 3 fully saturated rings. The summed E-state index contributed by atoms with van der Waals surface area (Å²) in [4.78, 5) is 25.8. The molecular formula is C29H42O9. The molecule has 1 spiro atoms. The van der Waals surface area contributed by atoms with Crippen LogP contribution in [-0.2, 0) is 33.3 Å². The Balaban J connectivity index is 1.67. The molecule has 0 aromatic rings. The van der Waals surface area contributed by atoms with E-state index in [2.05, 4.69) is 13.0 Å². The third-order valence-electron chi connectivity index (χ3n) is 8.93. The molecule has 3 aliphatic heterocycles. The van der Waals surface area contributed by atoms with Crippen LogP contribution in [0.15, 0.2) is 36.0 Å². The number of aliphatic hydroxyl groups is 2. The van der Waals surface area contributed by atoms with Crippen LogP contribution in [0.25, 0.3) is 0 Å². The third kappa shape index (κ3) is 5.49. The summed E-state index contributed by atoms with van der Waals surface area (Å²) in [5, 5.41) is 20.7. The lowest BCUT2D eigenvalue weighted by atomic mass is 9.64. The van der Waals surface area contributed by atoms with Gasteiger partial charge < -0.3 is 33.9 Å². The van der Waals surface area contributed by atoms with Gasteiger partial charge in [0.15, 0.2) is 6.10 Å². The van der Waals surface area contributed by atoms with E-state index >= 15 is 0 Å². The molecule has 1 saturated carbocycles. The standard InChI is InChI=1S/C29H42O9/c1-6-17(2)13-22-20-15-35-27(33)26(32)18(3)11-12-34-21(19(4)30)9-7-8-10-25(31)38-23-14-24(37-22)29(16-36-29)28(20,23)5/h7-10,13,18-24,26,30,32H,6,11-12,14-16H2,1-5H3/b9-7-,10-8-,17-13+/t18-,19-,20+,21+,22-,23+,24-,26-,28-,29-/m1/s1. The van der Waals surface area contributed by atoms with Crippen molar-refractivity contribution in [1.82, 2.24) is 0 Å². The molecule has 0 unspecified atom stereocenters. The van der Waals surface area contributed by atoms with E-state index in [4.69, 9.17) is 23.7 Å². The largest absolute Gasteiger partial charge is 0.463 e. The molecule has 9 heteroatoms. The maximum absolute atomic E-state index is 12.9. The first-order chi connectivity index (χ1) is 18.0. The van der Waals surface area contributed by atoms with Gasteiger partial charge in [-0.15, -0.1) is 0 Å². The van der Waals surface area contributed by atoms with Gasteiger partial charge in [0.25, 0.3) is 0 Å². The van der Waals surface area contributed by atoms with Gasteiger partial charge in [0.1, 0.15) is 17.8 Å². The van der Waals surface area contributed by atoms with Crippen molar-refractivity contribution in [2.45, 2.75) is 96.1 Å². The molecule has 212 valence electrons. The second kappa shape index (κ2) is 11.6. The monoisotopic (exact) mass is 534 g/mol. The first-order valence-corrected chi connectivity index (χ1v) is 13.7. The van der Waals surface area contributed by atoms with Gasteiger partial charge in [0.2, 0.25) is 0 Å². The van der Waals surface area contributed by atoms with Crippen molar-refractivity contribution in [3.63, 3.8) is 0 Å². The summed E-state index contributed by atoms with van der Waals surface area (Å²) < 4.78 is 30.0. The van der Waals surface area contributed by atoms with Crippen LogP contribution < -0.4 is 0 Å². The van der Waals surface area contributed by atoms with E-state index in [9.17, 15) is 19.8 Å². The van der Waals surface area contributed by atoms with E-state index in [-0.39, 0.29) is 31.3 Å². The Morgan fingerprint density at radius 2 is 2.00 bits per heavy atom. The summed E-state index contributed by atoms with van der Waals surface area (Å²) in [6.07, 6.45) is 6.12. The number of hydrogen-bond acceptors (Lipinski definition) is 9. The van der Waals surface area contributed by atoms with Crippen LogP contribution in [0.3, 0.4) is 0 Å². The predicted molar refractivity (Wildman–Crippen MR) is 138 cm³/mol. The number of cyclic esters (lactones) is 1. The minimum absolute atomic E-state index is 0.0116. The zero-order chi connectivity index (χ0) is 27.7. The molecule has 0 aromatic heterocycles. The number of ether oxygens (including phenoxy) is 5. The Bertz CT molecular complexity index is 965. The van der Waals surface area contributed by atoms with Gasteiger partial charge in [0, 0.05) is 30.4 Å². The molecule has 1 aliphatic carbocycles. The highest BCUT2D eigenvalue weighted by Crippen LogP contribution is 2.65. The number of esters is 2. The molecule has 9 nitrogen and oxygen atoms in total. The molecule has 0 radical (unpaired) electrons. The molecule has 0 aromatic carbocycles. The minimum atomic E-state index is -1.33. The third-order valence-corrected chi connectivity index (χ3v) is 8.93. The van der Waals surface area contributed by atoms with Gasteiger partial charge in [-0.2, -0.15) is 0 Å². The quantitative estimate of drug-likeness (QED) is 0.319. The van der Waals surface area contributed by atoms with E-state index in [1.54, 1.807) is 32.1 Å². The maximum atomic E-state index is 12.9. The normalized spacial score (nSPS) is 44.9. The lowest BCUT2D eigenvalue weighted by Crippen LogP contribution is -2.59.